The van der Waals surface area contributed by atoms with Crippen LogP contribution in [0.5, 0.6) is 0 Å². The Hall–Kier alpha value is -1.70. The summed E-state index contributed by atoms with van der Waals surface area (Å²) in [5.41, 5.74) is 0.00460. The van der Waals surface area contributed by atoms with Gasteiger partial charge in [-0.1, -0.05) is 24.9 Å². The first-order valence-electron chi connectivity index (χ1n) is 8.50. The molecule has 134 valence electrons. The number of nitrogens with zero attached hydrogens (tertiary/aromatic N) is 2. The molecule has 0 spiro atoms. The highest BCUT2D eigenvalue weighted by molar-refractivity contribution is 5.88. The Kier molecular flexibility index (Phi) is 5.03. The third kappa shape index (κ3) is 4.03. The van der Waals surface area contributed by atoms with Gasteiger partial charge in [0.15, 0.2) is 5.82 Å². The number of anilines is 1. The zero-order valence-electron chi connectivity index (χ0n) is 13.9. The Morgan fingerprint density at radius 2 is 2.25 bits per heavy atom. The molecule has 2 amide bonds. The summed E-state index contributed by atoms with van der Waals surface area (Å²) >= 11 is 0. The minimum atomic E-state index is -2.34. The van der Waals surface area contributed by atoms with Crippen LogP contribution in [0.3, 0.4) is 0 Å². The molecule has 1 aliphatic carbocycles. The van der Waals surface area contributed by atoms with E-state index in [4.69, 9.17) is 4.52 Å². The van der Waals surface area contributed by atoms with Crippen LogP contribution in [-0.4, -0.2) is 48.2 Å². The second kappa shape index (κ2) is 7.04. The minimum Gasteiger partial charge on any atom is -0.359 e. The number of alkyl halides is 2. The monoisotopic (exact) mass is 342 g/mol. The smallest absolute Gasteiger partial charge is 0.320 e. The molecule has 1 saturated carbocycles. The van der Waals surface area contributed by atoms with Gasteiger partial charge in [0.05, 0.1) is 6.54 Å². The molecule has 2 heterocycles. The van der Waals surface area contributed by atoms with Crippen LogP contribution in [0.4, 0.5) is 19.4 Å². The maximum Gasteiger partial charge on any atom is 0.320 e. The van der Waals surface area contributed by atoms with Crippen molar-refractivity contribution in [3.05, 3.63) is 11.8 Å². The Labute approximate surface area is 139 Å². The Bertz CT molecular complexity index is 572. The lowest BCUT2D eigenvalue weighted by Gasteiger charge is -2.18. The molecule has 1 saturated heterocycles. The highest BCUT2D eigenvalue weighted by Crippen LogP contribution is 2.41. The molecule has 1 aromatic heterocycles. The van der Waals surface area contributed by atoms with Crippen LogP contribution in [-0.2, 0) is 5.41 Å². The molecular formula is C16H24F2N4O2. The summed E-state index contributed by atoms with van der Waals surface area (Å²) in [4.78, 5) is 13.7. The van der Waals surface area contributed by atoms with Gasteiger partial charge in [-0.05, 0) is 19.3 Å². The average molecular weight is 342 g/mol. The molecule has 2 N–H and O–H groups in total. The minimum absolute atomic E-state index is 0.00460. The van der Waals surface area contributed by atoms with Crippen LogP contribution in [0.15, 0.2) is 10.6 Å². The number of urea groups is 1. The van der Waals surface area contributed by atoms with Crippen LogP contribution < -0.4 is 10.6 Å². The highest BCUT2D eigenvalue weighted by atomic mass is 19.3. The zero-order chi connectivity index (χ0) is 17.2. The summed E-state index contributed by atoms with van der Waals surface area (Å²) in [6, 6.07) is 1.28. The zero-order valence-corrected chi connectivity index (χ0v) is 13.9. The van der Waals surface area contributed by atoms with E-state index in [2.05, 4.69) is 22.7 Å². The third-order valence-electron chi connectivity index (χ3n) is 5.06. The van der Waals surface area contributed by atoms with Crippen LogP contribution in [0, 0.1) is 0 Å². The van der Waals surface area contributed by atoms with Crippen molar-refractivity contribution in [1.82, 2.24) is 15.4 Å². The van der Waals surface area contributed by atoms with Gasteiger partial charge >= 0.3 is 6.03 Å². The molecule has 2 aliphatic rings. The van der Waals surface area contributed by atoms with Crippen LogP contribution in [0.2, 0.25) is 0 Å². The molecule has 6 nitrogen and oxygen atoms in total. The molecule has 0 aromatic carbocycles. The largest absolute Gasteiger partial charge is 0.359 e. The van der Waals surface area contributed by atoms with E-state index < -0.39 is 6.43 Å². The third-order valence-corrected chi connectivity index (χ3v) is 5.06. The lowest BCUT2D eigenvalue weighted by atomic mass is 9.86. The number of carbonyl (C=O) groups is 1. The summed E-state index contributed by atoms with van der Waals surface area (Å²) in [7, 11) is 0. The van der Waals surface area contributed by atoms with Gasteiger partial charge < -0.3 is 9.84 Å². The molecule has 1 aliphatic heterocycles. The number of halogens is 2. The second-order valence-corrected chi connectivity index (χ2v) is 7.08. The van der Waals surface area contributed by atoms with Gasteiger partial charge in [0, 0.05) is 30.6 Å². The number of carbonyl (C=O) groups excluding carboxylic acids is 1. The van der Waals surface area contributed by atoms with Gasteiger partial charge in [-0.15, -0.1) is 0 Å². The van der Waals surface area contributed by atoms with E-state index in [-0.39, 0.29) is 24.0 Å². The number of nitrogens with one attached hydrogen (secondary N) is 2. The summed E-state index contributed by atoms with van der Waals surface area (Å²) in [5, 5.41) is 9.38. The van der Waals surface area contributed by atoms with Gasteiger partial charge in [-0.25, -0.2) is 13.6 Å². The fourth-order valence-electron chi connectivity index (χ4n) is 3.67. The SMILES string of the molecule is CC1(c2cc(NC(=O)NC3CCN(CC(F)F)C3)no2)CCCC1. The Morgan fingerprint density at radius 3 is 2.96 bits per heavy atom. The molecular weight excluding hydrogens is 318 g/mol. The maximum atomic E-state index is 12.4. The number of hydrogen-bond acceptors (Lipinski definition) is 4. The molecule has 8 heteroatoms. The first-order chi connectivity index (χ1) is 11.4. The normalized spacial score (nSPS) is 23.8. The Balaban J connectivity index is 1.48. The predicted molar refractivity (Wildman–Crippen MR) is 85.3 cm³/mol. The van der Waals surface area contributed by atoms with Crippen molar-refractivity contribution < 1.29 is 18.1 Å². The van der Waals surface area contributed by atoms with Crippen molar-refractivity contribution in [3.8, 4) is 0 Å². The van der Waals surface area contributed by atoms with Crippen LogP contribution in [0.1, 0.15) is 44.8 Å². The van der Waals surface area contributed by atoms with Gasteiger partial charge in [0.2, 0.25) is 0 Å². The summed E-state index contributed by atoms with van der Waals surface area (Å²) in [6.45, 7) is 2.92. The molecule has 0 bridgehead atoms. The average Bonchev–Trinajstić information content (AvgIpc) is 3.21. The fourth-order valence-corrected chi connectivity index (χ4v) is 3.67. The van der Waals surface area contributed by atoms with E-state index in [0.29, 0.717) is 25.3 Å². The van der Waals surface area contributed by atoms with E-state index in [1.165, 1.54) is 12.8 Å². The molecule has 1 atom stereocenters. The van der Waals surface area contributed by atoms with Crippen LogP contribution in [0.25, 0.3) is 0 Å². The van der Waals surface area contributed by atoms with Crippen molar-refractivity contribution in [1.29, 1.82) is 0 Å². The molecule has 2 fully saturated rings. The predicted octanol–water partition coefficient (Wildman–Crippen LogP) is 2.97. The first kappa shape index (κ1) is 17.1. The van der Waals surface area contributed by atoms with Gasteiger partial charge in [-0.2, -0.15) is 0 Å². The number of likely N-dealkylation sites (tertiary alicyclic amines) is 1. The second-order valence-electron chi connectivity index (χ2n) is 7.08. The lowest BCUT2D eigenvalue weighted by molar-refractivity contribution is 0.0988. The van der Waals surface area contributed by atoms with Crippen molar-refractivity contribution in [3.63, 3.8) is 0 Å². The van der Waals surface area contributed by atoms with E-state index in [9.17, 15) is 13.6 Å². The molecule has 24 heavy (non-hydrogen) atoms. The first-order valence-corrected chi connectivity index (χ1v) is 8.50. The molecule has 3 rings (SSSR count). The van der Waals surface area contributed by atoms with Crippen molar-refractivity contribution in [2.45, 2.75) is 56.9 Å². The van der Waals surface area contributed by atoms with E-state index >= 15 is 0 Å². The van der Waals surface area contributed by atoms with E-state index in [1.54, 1.807) is 11.0 Å². The van der Waals surface area contributed by atoms with E-state index in [1.807, 2.05) is 0 Å². The van der Waals surface area contributed by atoms with Crippen molar-refractivity contribution in [2.75, 3.05) is 25.0 Å². The number of aromatic nitrogens is 1. The Morgan fingerprint density at radius 1 is 1.50 bits per heavy atom. The van der Waals surface area contributed by atoms with Gasteiger partial charge in [0.25, 0.3) is 6.43 Å². The quantitative estimate of drug-likeness (QED) is 0.863. The lowest BCUT2D eigenvalue weighted by Crippen LogP contribution is -2.40. The number of hydrogen-bond donors (Lipinski definition) is 2. The molecule has 0 radical (unpaired) electrons. The highest BCUT2D eigenvalue weighted by Gasteiger charge is 2.34. The number of rotatable bonds is 5. The fraction of sp³-hybridized carbons (Fsp3) is 0.750. The van der Waals surface area contributed by atoms with Gasteiger partial charge in [0.1, 0.15) is 5.76 Å². The summed E-state index contributed by atoms with van der Waals surface area (Å²) in [6.07, 6.45) is 2.81. The van der Waals surface area contributed by atoms with Gasteiger partial charge in [-0.3, -0.25) is 10.2 Å². The molecule has 1 unspecified atom stereocenters. The standard InChI is InChI=1S/C16H24F2N4O2/c1-16(5-2-3-6-16)12-8-14(21-24-12)20-15(23)19-11-4-7-22(9-11)10-13(17)18/h8,11,13H,2-7,9-10H2,1H3,(H2,19,20,21,23). The van der Waals surface area contributed by atoms with Crippen LogP contribution >= 0.6 is 0 Å². The summed E-state index contributed by atoms with van der Waals surface area (Å²) in [5.74, 6) is 1.19. The van der Waals surface area contributed by atoms with Crippen molar-refractivity contribution in [2.24, 2.45) is 0 Å². The van der Waals surface area contributed by atoms with E-state index in [0.717, 1.165) is 18.6 Å². The number of amides is 2. The maximum absolute atomic E-state index is 12.4. The van der Waals surface area contributed by atoms with Crippen molar-refractivity contribution >= 4 is 11.8 Å². The topological polar surface area (TPSA) is 70.4 Å². The summed E-state index contributed by atoms with van der Waals surface area (Å²) < 4.78 is 30.1. The molecule has 1 aromatic rings.